The molecule has 0 saturated carbocycles. The number of para-hydroxylation sites is 1. The van der Waals surface area contributed by atoms with Gasteiger partial charge in [-0.05, 0) is 78.0 Å². The van der Waals surface area contributed by atoms with Crippen LogP contribution in [0.5, 0.6) is 0 Å². The fourth-order valence-corrected chi connectivity index (χ4v) is 3.87. The zero-order chi connectivity index (χ0) is 21.1. The molecule has 1 aromatic carbocycles. The second-order valence-corrected chi connectivity index (χ2v) is 9.15. The van der Waals surface area contributed by atoms with Crippen LogP contribution in [0.25, 0.3) is 10.9 Å². The van der Waals surface area contributed by atoms with Crippen LogP contribution in [0.3, 0.4) is 0 Å². The number of fused-ring (bicyclic) bond motifs is 1. The van der Waals surface area contributed by atoms with Crippen LogP contribution in [-0.2, 0) is 15.7 Å². The predicted molar refractivity (Wildman–Crippen MR) is 123 cm³/mol. The molecule has 0 aliphatic carbocycles. The van der Waals surface area contributed by atoms with Crippen molar-refractivity contribution >= 4 is 23.5 Å². The molecule has 1 saturated heterocycles. The molecule has 1 aromatic heterocycles. The molecule has 0 bridgehead atoms. The number of aryl methyl sites for hydroxylation is 1. The van der Waals surface area contributed by atoms with Gasteiger partial charge in [0.05, 0.1) is 16.7 Å². The van der Waals surface area contributed by atoms with Crippen LogP contribution in [0.1, 0.15) is 66.5 Å². The first-order valence-electron chi connectivity index (χ1n) is 11.2. The third kappa shape index (κ3) is 5.01. The fourth-order valence-electron chi connectivity index (χ4n) is 3.87. The molecule has 0 atom stereocenters. The van der Waals surface area contributed by atoms with E-state index in [2.05, 4.69) is 76.8 Å². The molecule has 158 valence electrons. The van der Waals surface area contributed by atoms with E-state index < -0.39 is 0 Å². The Morgan fingerprint density at radius 2 is 1.59 bits per heavy atom. The van der Waals surface area contributed by atoms with Crippen molar-refractivity contribution in [3.8, 4) is 0 Å². The van der Waals surface area contributed by atoms with Crippen LogP contribution >= 0.6 is 0 Å². The highest BCUT2D eigenvalue weighted by Crippen LogP contribution is 2.36. The summed E-state index contributed by atoms with van der Waals surface area (Å²) in [6, 6.07) is 10.6. The van der Waals surface area contributed by atoms with Crippen molar-refractivity contribution in [3.63, 3.8) is 0 Å². The summed E-state index contributed by atoms with van der Waals surface area (Å²) in [5, 5.41) is 1.14. The third-order valence-electron chi connectivity index (χ3n) is 6.62. The molecule has 1 aliphatic rings. The summed E-state index contributed by atoms with van der Waals surface area (Å²) in [5.41, 5.74) is 2.51. The number of benzene rings is 1. The first-order chi connectivity index (χ1) is 13.8. The minimum Gasteiger partial charge on any atom is -0.399 e. The van der Waals surface area contributed by atoms with Gasteiger partial charge in [0, 0.05) is 11.2 Å². The van der Waals surface area contributed by atoms with Crippen LogP contribution < -0.4 is 5.46 Å². The van der Waals surface area contributed by atoms with Crippen molar-refractivity contribution in [2.75, 3.05) is 19.6 Å². The fraction of sp³-hybridized carbons (Fsp3) is 0.625. The molecule has 0 N–H and O–H groups in total. The molecule has 0 unspecified atom stereocenters. The Labute approximate surface area is 177 Å². The minimum atomic E-state index is -0.375. The average molecular weight is 396 g/mol. The maximum Gasteiger partial charge on any atom is 0.497 e. The van der Waals surface area contributed by atoms with Gasteiger partial charge in [0.25, 0.3) is 0 Å². The van der Waals surface area contributed by atoms with Crippen LogP contribution in [0.2, 0.25) is 0 Å². The highest BCUT2D eigenvalue weighted by Gasteiger charge is 2.52. The Morgan fingerprint density at radius 1 is 0.897 bits per heavy atom. The topological polar surface area (TPSA) is 34.6 Å². The number of aromatic nitrogens is 1. The van der Waals surface area contributed by atoms with Gasteiger partial charge in [0.2, 0.25) is 0 Å². The lowest BCUT2D eigenvalue weighted by Crippen LogP contribution is -2.41. The van der Waals surface area contributed by atoms with E-state index in [9.17, 15) is 0 Å². The summed E-state index contributed by atoms with van der Waals surface area (Å²) in [4.78, 5) is 7.50. The number of rotatable bonds is 9. The van der Waals surface area contributed by atoms with E-state index in [1.807, 2.05) is 0 Å². The van der Waals surface area contributed by atoms with E-state index in [1.165, 1.54) is 25.8 Å². The van der Waals surface area contributed by atoms with Crippen molar-refractivity contribution < 1.29 is 9.31 Å². The first-order valence-corrected chi connectivity index (χ1v) is 11.2. The summed E-state index contributed by atoms with van der Waals surface area (Å²) in [6.07, 6.45) is 4.70. The maximum atomic E-state index is 6.29. The number of unbranched alkanes of at least 4 members (excludes halogenated alkanes) is 2. The SMILES string of the molecule is CCN(CC)CCCCCc1ccc2cccc(B3OC(C)(C)C(C)(C)O3)c2n1. The molecule has 4 nitrogen and oxygen atoms in total. The Bertz CT molecular complexity index is 802. The molecule has 2 aromatic rings. The standard InChI is InChI=1S/C24H37BN2O2/c1-7-27(8-2)18-11-9-10-14-20-17-16-19-13-12-15-21(22(19)26-20)25-28-23(3,4)24(5,6)29-25/h12-13,15-17H,7-11,14,18H2,1-6H3. The number of hydrogen-bond acceptors (Lipinski definition) is 4. The van der Waals surface area contributed by atoms with Crippen molar-refractivity contribution in [2.24, 2.45) is 0 Å². The van der Waals surface area contributed by atoms with E-state index in [-0.39, 0.29) is 18.3 Å². The number of pyridine rings is 1. The van der Waals surface area contributed by atoms with Crippen LogP contribution in [0, 0.1) is 0 Å². The summed E-state index contributed by atoms with van der Waals surface area (Å²) in [7, 11) is -0.375. The lowest BCUT2D eigenvalue weighted by atomic mass is 9.77. The highest BCUT2D eigenvalue weighted by atomic mass is 16.7. The molecular weight excluding hydrogens is 359 g/mol. The maximum absolute atomic E-state index is 6.29. The summed E-state index contributed by atoms with van der Waals surface area (Å²) < 4.78 is 12.6. The van der Waals surface area contributed by atoms with Gasteiger partial charge in [-0.25, -0.2) is 0 Å². The second kappa shape index (κ2) is 9.15. The van der Waals surface area contributed by atoms with E-state index in [4.69, 9.17) is 14.3 Å². The molecular formula is C24H37BN2O2. The molecule has 29 heavy (non-hydrogen) atoms. The van der Waals surface area contributed by atoms with Crippen molar-refractivity contribution in [3.05, 3.63) is 36.0 Å². The molecule has 0 amide bonds. The molecule has 1 fully saturated rings. The van der Waals surface area contributed by atoms with Gasteiger partial charge in [-0.1, -0.05) is 44.5 Å². The predicted octanol–water partition coefficient (Wildman–Crippen LogP) is 4.59. The van der Waals surface area contributed by atoms with Gasteiger partial charge < -0.3 is 14.2 Å². The summed E-state index contributed by atoms with van der Waals surface area (Å²) in [5.74, 6) is 0. The molecule has 5 heteroatoms. The van der Waals surface area contributed by atoms with E-state index in [1.54, 1.807) is 0 Å². The second-order valence-electron chi connectivity index (χ2n) is 9.15. The lowest BCUT2D eigenvalue weighted by molar-refractivity contribution is 0.00578. The summed E-state index contributed by atoms with van der Waals surface area (Å²) >= 11 is 0. The number of nitrogens with zero attached hydrogens (tertiary/aromatic N) is 2. The van der Waals surface area contributed by atoms with Crippen LogP contribution in [-0.4, -0.2) is 47.8 Å². The molecule has 0 radical (unpaired) electrons. The molecule has 0 spiro atoms. The van der Waals surface area contributed by atoms with Crippen molar-refractivity contribution in [1.82, 2.24) is 9.88 Å². The van der Waals surface area contributed by atoms with Gasteiger partial charge in [0.15, 0.2) is 0 Å². The zero-order valence-corrected chi connectivity index (χ0v) is 19.1. The highest BCUT2D eigenvalue weighted by molar-refractivity contribution is 6.64. The Kier molecular flexibility index (Phi) is 7.03. The monoisotopic (exact) mass is 396 g/mol. The van der Waals surface area contributed by atoms with Gasteiger partial charge >= 0.3 is 7.12 Å². The van der Waals surface area contributed by atoms with E-state index in [0.717, 1.165) is 41.6 Å². The average Bonchev–Trinajstić information content (AvgIpc) is 2.91. The Hall–Kier alpha value is -1.43. The lowest BCUT2D eigenvalue weighted by Gasteiger charge is -2.32. The van der Waals surface area contributed by atoms with E-state index in [0.29, 0.717) is 0 Å². The third-order valence-corrected chi connectivity index (χ3v) is 6.62. The van der Waals surface area contributed by atoms with Crippen LogP contribution in [0.4, 0.5) is 0 Å². The molecule has 3 rings (SSSR count). The molecule has 1 aliphatic heterocycles. The normalized spacial score (nSPS) is 18.1. The van der Waals surface area contributed by atoms with Gasteiger partial charge in [-0.15, -0.1) is 0 Å². The Balaban J connectivity index is 1.69. The zero-order valence-electron chi connectivity index (χ0n) is 19.1. The van der Waals surface area contributed by atoms with Crippen LogP contribution in [0.15, 0.2) is 30.3 Å². The largest absolute Gasteiger partial charge is 0.497 e. The van der Waals surface area contributed by atoms with E-state index >= 15 is 0 Å². The van der Waals surface area contributed by atoms with Gasteiger partial charge in [-0.2, -0.15) is 0 Å². The minimum absolute atomic E-state index is 0.345. The Morgan fingerprint density at radius 3 is 2.24 bits per heavy atom. The van der Waals surface area contributed by atoms with Crippen molar-refractivity contribution in [1.29, 1.82) is 0 Å². The quantitative estimate of drug-likeness (QED) is 0.459. The van der Waals surface area contributed by atoms with Gasteiger partial charge in [0.1, 0.15) is 0 Å². The van der Waals surface area contributed by atoms with Gasteiger partial charge in [-0.3, -0.25) is 4.98 Å². The summed E-state index contributed by atoms with van der Waals surface area (Å²) in [6.45, 7) is 16.3. The van der Waals surface area contributed by atoms with Crippen molar-refractivity contribution in [2.45, 2.75) is 78.4 Å². The number of hydrogen-bond donors (Lipinski definition) is 0. The first kappa shape index (κ1) is 22.3. The smallest absolute Gasteiger partial charge is 0.399 e. The molecule has 2 heterocycles.